The van der Waals surface area contributed by atoms with Crippen LogP contribution in [0.4, 0.5) is 0 Å². The van der Waals surface area contributed by atoms with Crippen LogP contribution >= 0.6 is 11.8 Å². The lowest BCUT2D eigenvalue weighted by Crippen LogP contribution is -2.47. The Labute approximate surface area is 123 Å². The highest BCUT2D eigenvalue weighted by atomic mass is 32.2. The minimum atomic E-state index is -0.638. The molecule has 0 radical (unpaired) electrons. The SMILES string of the molecule is Cc1cc(C)c(C2=C([O-])C3(CCSC3)NC2=O)c(C)c1. The molecule has 2 aliphatic heterocycles. The van der Waals surface area contributed by atoms with Crippen molar-refractivity contribution in [2.45, 2.75) is 32.7 Å². The van der Waals surface area contributed by atoms with Crippen LogP contribution in [0, 0.1) is 20.8 Å². The van der Waals surface area contributed by atoms with Crippen LogP contribution in [0.3, 0.4) is 0 Å². The average Bonchev–Trinajstić information content (AvgIpc) is 2.89. The van der Waals surface area contributed by atoms with Crippen molar-refractivity contribution in [2.75, 3.05) is 11.5 Å². The Morgan fingerprint density at radius 3 is 2.45 bits per heavy atom. The van der Waals surface area contributed by atoms with E-state index in [1.165, 1.54) is 0 Å². The molecule has 2 aliphatic rings. The first kappa shape index (κ1) is 13.6. The quantitative estimate of drug-likeness (QED) is 0.855. The number of hydrogen-bond donors (Lipinski definition) is 1. The van der Waals surface area contributed by atoms with E-state index in [0.29, 0.717) is 11.3 Å². The maximum absolute atomic E-state index is 12.8. The number of nitrogens with one attached hydrogen (secondary N) is 1. The van der Waals surface area contributed by atoms with Gasteiger partial charge >= 0.3 is 0 Å². The summed E-state index contributed by atoms with van der Waals surface area (Å²) in [6, 6.07) is 4.06. The molecule has 3 nitrogen and oxygen atoms in total. The van der Waals surface area contributed by atoms with Crippen LogP contribution < -0.4 is 10.4 Å². The summed E-state index contributed by atoms with van der Waals surface area (Å²) in [4.78, 5) is 12.4. The van der Waals surface area contributed by atoms with Crippen molar-refractivity contribution in [3.8, 4) is 0 Å². The van der Waals surface area contributed by atoms with Crippen molar-refractivity contribution in [3.63, 3.8) is 0 Å². The maximum atomic E-state index is 12.8. The Morgan fingerprint density at radius 2 is 1.90 bits per heavy atom. The lowest BCUT2D eigenvalue weighted by Gasteiger charge is -2.30. The summed E-state index contributed by atoms with van der Waals surface area (Å²) in [5.74, 6) is 1.42. The topological polar surface area (TPSA) is 52.2 Å². The zero-order valence-corrected chi connectivity index (χ0v) is 12.8. The Bertz CT molecular complexity index is 604. The zero-order chi connectivity index (χ0) is 14.5. The molecule has 1 amide bonds. The standard InChI is InChI=1S/C16H19NO2S/c1-9-6-10(2)12(11(3)7-9)13-14(18)16(17-15(13)19)4-5-20-8-16/h6-7,18H,4-5,8H2,1-3H3,(H,17,19)/p-1. The molecule has 2 heterocycles. The molecule has 0 aromatic heterocycles. The Hall–Kier alpha value is -1.42. The Balaban J connectivity index is 2.19. The molecule has 1 aromatic rings. The van der Waals surface area contributed by atoms with Crippen LogP contribution in [-0.2, 0) is 4.79 Å². The molecule has 1 atom stereocenters. The van der Waals surface area contributed by atoms with Crippen LogP contribution in [0.2, 0.25) is 0 Å². The number of amides is 1. The number of aryl methyl sites for hydroxylation is 3. The Kier molecular flexibility index (Phi) is 3.09. The predicted molar refractivity (Wildman–Crippen MR) is 80.4 cm³/mol. The third kappa shape index (κ3) is 1.85. The summed E-state index contributed by atoms with van der Waals surface area (Å²) >= 11 is 1.74. The lowest BCUT2D eigenvalue weighted by atomic mass is 9.90. The van der Waals surface area contributed by atoms with Crippen molar-refractivity contribution in [3.05, 3.63) is 40.1 Å². The van der Waals surface area contributed by atoms with Crippen LogP contribution in [0.5, 0.6) is 0 Å². The maximum Gasteiger partial charge on any atom is 0.251 e. The van der Waals surface area contributed by atoms with Gasteiger partial charge in [-0.15, -0.1) is 0 Å². The molecule has 0 saturated carbocycles. The third-order valence-electron chi connectivity index (χ3n) is 4.19. The minimum absolute atomic E-state index is 0.0115. The highest BCUT2D eigenvalue weighted by molar-refractivity contribution is 7.99. The summed E-state index contributed by atoms with van der Waals surface area (Å²) in [6.07, 6.45) is 0.746. The van der Waals surface area contributed by atoms with E-state index in [-0.39, 0.29) is 11.7 Å². The summed E-state index contributed by atoms with van der Waals surface area (Å²) in [5, 5.41) is 15.7. The number of thioether (sulfide) groups is 1. The number of carbonyl (C=O) groups is 1. The van der Waals surface area contributed by atoms with Crippen molar-refractivity contribution in [1.29, 1.82) is 0 Å². The van der Waals surface area contributed by atoms with Gasteiger partial charge in [-0.05, 0) is 49.6 Å². The van der Waals surface area contributed by atoms with Crippen molar-refractivity contribution in [1.82, 2.24) is 5.32 Å². The van der Waals surface area contributed by atoms with Gasteiger partial charge in [-0.1, -0.05) is 23.5 Å². The molecule has 20 heavy (non-hydrogen) atoms. The number of benzene rings is 1. The summed E-state index contributed by atoms with van der Waals surface area (Å²) in [7, 11) is 0. The second-order valence-corrected chi connectivity index (χ2v) is 6.92. The molecular weight excluding hydrogens is 270 g/mol. The fourth-order valence-electron chi connectivity index (χ4n) is 3.32. The van der Waals surface area contributed by atoms with E-state index in [1.807, 2.05) is 32.9 Å². The van der Waals surface area contributed by atoms with Gasteiger partial charge in [0, 0.05) is 11.3 Å². The molecule has 1 unspecified atom stereocenters. The van der Waals surface area contributed by atoms with Gasteiger partial charge < -0.3 is 10.4 Å². The molecule has 1 aromatic carbocycles. The second kappa shape index (κ2) is 4.55. The summed E-state index contributed by atoms with van der Waals surface area (Å²) in [6.45, 7) is 5.97. The van der Waals surface area contributed by atoms with E-state index in [1.54, 1.807) is 11.8 Å². The van der Waals surface area contributed by atoms with Crippen LogP contribution in [0.1, 0.15) is 28.7 Å². The summed E-state index contributed by atoms with van der Waals surface area (Å²) in [5.41, 5.74) is 3.71. The normalized spacial score (nSPS) is 25.6. The van der Waals surface area contributed by atoms with Gasteiger partial charge in [0.15, 0.2) is 0 Å². The first-order valence-electron chi connectivity index (χ1n) is 6.85. The van der Waals surface area contributed by atoms with Crippen molar-refractivity contribution < 1.29 is 9.90 Å². The first-order valence-corrected chi connectivity index (χ1v) is 8.00. The lowest BCUT2D eigenvalue weighted by molar-refractivity contribution is -0.314. The number of hydrogen-bond acceptors (Lipinski definition) is 3. The van der Waals surface area contributed by atoms with E-state index in [9.17, 15) is 9.90 Å². The van der Waals surface area contributed by atoms with Gasteiger partial charge in [0.25, 0.3) is 5.91 Å². The van der Waals surface area contributed by atoms with Gasteiger partial charge in [-0.3, -0.25) is 4.79 Å². The minimum Gasteiger partial charge on any atom is -0.873 e. The molecule has 3 rings (SSSR count). The molecule has 1 saturated heterocycles. The smallest absolute Gasteiger partial charge is 0.251 e. The molecule has 1 spiro atoms. The molecule has 0 aliphatic carbocycles. The van der Waals surface area contributed by atoms with Gasteiger partial charge in [0.1, 0.15) is 0 Å². The molecular formula is C16H18NO2S-. The second-order valence-electron chi connectivity index (χ2n) is 5.82. The molecule has 0 bridgehead atoms. The number of carbonyl (C=O) groups excluding carboxylic acids is 1. The Morgan fingerprint density at radius 1 is 1.25 bits per heavy atom. The van der Waals surface area contributed by atoms with E-state index in [4.69, 9.17) is 0 Å². The van der Waals surface area contributed by atoms with Gasteiger partial charge in [-0.2, -0.15) is 11.8 Å². The average molecular weight is 288 g/mol. The van der Waals surface area contributed by atoms with E-state index in [0.717, 1.165) is 34.4 Å². The fraction of sp³-hybridized carbons (Fsp3) is 0.438. The van der Waals surface area contributed by atoms with Crippen molar-refractivity contribution >= 4 is 23.2 Å². The third-order valence-corrected chi connectivity index (χ3v) is 5.38. The predicted octanol–water partition coefficient (Wildman–Crippen LogP) is 1.69. The van der Waals surface area contributed by atoms with E-state index in [2.05, 4.69) is 5.32 Å². The fourth-order valence-corrected chi connectivity index (χ4v) is 4.66. The van der Waals surface area contributed by atoms with Gasteiger partial charge in [0.2, 0.25) is 0 Å². The van der Waals surface area contributed by atoms with Crippen molar-refractivity contribution in [2.24, 2.45) is 0 Å². The van der Waals surface area contributed by atoms with Crippen LogP contribution in [0.25, 0.3) is 5.57 Å². The molecule has 1 N–H and O–H groups in total. The highest BCUT2D eigenvalue weighted by Crippen LogP contribution is 2.41. The van der Waals surface area contributed by atoms with Gasteiger partial charge in [-0.25, -0.2) is 0 Å². The largest absolute Gasteiger partial charge is 0.873 e. The molecule has 106 valence electrons. The molecule has 1 fully saturated rings. The van der Waals surface area contributed by atoms with E-state index >= 15 is 0 Å². The monoisotopic (exact) mass is 288 g/mol. The summed E-state index contributed by atoms with van der Waals surface area (Å²) < 4.78 is 0. The van der Waals surface area contributed by atoms with Crippen LogP contribution in [0.15, 0.2) is 17.9 Å². The first-order chi connectivity index (χ1) is 9.44. The highest BCUT2D eigenvalue weighted by Gasteiger charge is 2.43. The van der Waals surface area contributed by atoms with Crippen LogP contribution in [-0.4, -0.2) is 23.0 Å². The number of rotatable bonds is 1. The van der Waals surface area contributed by atoms with Gasteiger partial charge in [0.05, 0.1) is 5.54 Å². The zero-order valence-electron chi connectivity index (χ0n) is 12.0. The van der Waals surface area contributed by atoms with E-state index < -0.39 is 5.54 Å². The molecule has 4 heteroatoms.